The van der Waals surface area contributed by atoms with Crippen molar-refractivity contribution in [3.8, 4) is 5.75 Å². The normalized spacial score (nSPS) is 16.8. The SMILES string of the molecule is COc1ccc(N2C(=O)NC(c3ccccc3)C(C(=O)OC(C)C)=C2C)cc1. The van der Waals surface area contributed by atoms with Crippen LogP contribution in [0, 0.1) is 0 Å². The second-order valence-corrected chi connectivity index (χ2v) is 6.78. The zero-order valence-electron chi connectivity index (χ0n) is 16.4. The maximum atomic E-state index is 12.9. The first-order valence-corrected chi connectivity index (χ1v) is 9.13. The lowest BCUT2D eigenvalue weighted by atomic mass is 9.94. The highest BCUT2D eigenvalue weighted by Crippen LogP contribution is 2.34. The molecule has 1 aliphatic rings. The number of rotatable bonds is 5. The van der Waals surface area contributed by atoms with Crippen molar-refractivity contribution in [2.24, 2.45) is 0 Å². The molecule has 0 aromatic heterocycles. The Morgan fingerprint density at radius 2 is 1.71 bits per heavy atom. The third-order valence-electron chi connectivity index (χ3n) is 4.51. The molecule has 1 N–H and O–H groups in total. The molecule has 2 aromatic rings. The summed E-state index contributed by atoms with van der Waals surface area (Å²) in [7, 11) is 1.58. The van der Waals surface area contributed by atoms with Gasteiger partial charge in [-0.3, -0.25) is 4.90 Å². The van der Waals surface area contributed by atoms with Crippen molar-refractivity contribution in [1.29, 1.82) is 0 Å². The smallest absolute Gasteiger partial charge is 0.338 e. The zero-order valence-corrected chi connectivity index (χ0v) is 16.4. The van der Waals surface area contributed by atoms with E-state index in [1.165, 1.54) is 4.90 Å². The topological polar surface area (TPSA) is 67.9 Å². The summed E-state index contributed by atoms with van der Waals surface area (Å²) in [6, 6.07) is 15.6. The van der Waals surface area contributed by atoms with E-state index in [0.717, 1.165) is 5.56 Å². The molecule has 1 aliphatic heterocycles. The maximum absolute atomic E-state index is 12.9. The van der Waals surface area contributed by atoms with Crippen LogP contribution in [0.1, 0.15) is 32.4 Å². The molecular formula is C22H24N2O4. The van der Waals surface area contributed by atoms with Gasteiger partial charge >= 0.3 is 12.0 Å². The molecule has 0 bridgehead atoms. The van der Waals surface area contributed by atoms with Crippen LogP contribution in [-0.2, 0) is 9.53 Å². The summed E-state index contributed by atoms with van der Waals surface area (Å²) in [6.45, 7) is 5.36. The van der Waals surface area contributed by atoms with Crippen LogP contribution in [0.2, 0.25) is 0 Å². The molecule has 1 unspecified atom stereocenters. The maximum Gasteiger partial charge on any atom is 0.338 e. The Morgan fingerprint density at radius 1 is 1.07 bits per heavy atom. The van der Waals surface area contributed by atoms with Gasteiger partial charge in [0.2, 0.25) is 0 Å². The molecule has 1 heterocycles. The lowest BCUT2D eigenvalue weighted by molar-refractivity contribution is -0.143. The number of methoxy groups -OCH3 is 1. The Morgan fingerprint density at radius 3 is 2.29 bits per heavy atom. The number of hydrogen-bond acceptors (Lipinski definition) is 4. The third kappa shape index (κ3) is 3.86. The molecule has 28 heavy (non-hydrogen) atoms. The van der Waals surface area contributed by atoms with E-state index in [9.17, 15) is 9.59 Å². The van der Waals surface area contributed by atoms with Crippen LogP contribution in [0.15, 0.2) is 65.9 Å². The largest absolute Gasteiger partial charge is 0.497 e. The lowest BCUT2D eigenvalue weighted by Crippen LogP contribution is -2.48. The molecular weight excluding hydrogens is 356 g/mol. The Balaban J connectivity index is 2.09. The molecule has 1 atom stereocenters. The molecule has 6 heteroatoms. The Bertz CT molecular complexity index is 889. The highest BCUT2D eigenvalue weighted by atomic mass is 16.5. The van der Waals surface area contributed by atoms with Gasteiger partial charge < -0.3 is 14.8 Å². The van der Waals surface area contributed by atoms with Gasteiger partial charge in [-0.2, -0.15) is 0 Å². The number of nitrogens with one attached hydrogen (secondary N) is 1. The van der Waals surface area contributed by atoms with Gasteiger partial charge in [0.25, 0.3) is 0 Å². The van der Waals surface area contributed by atoms with E-state index in [4.69, 9.17) is 9.47 Å². The van der Waals surface area contributed by atoms with Gasteiger partial charge in [0.05, 0.1) is 30.5 Å². The molecule has 6 nitrogen and oxygen atoms in total. The van der Waals surface area contributed by atoms with E-state index in [1.807, 2.05) is 30.3 Å². The number of ether oxygens (including phenoxy) is 2. The molecule has 0 saturated carbocycles. The summed E-state index contributed by atoms with van der Waals surface area (Å²) in [5.74, 6) is 0.240. The Kier molecular flexibility index (Phi) is 5.68. The van der Waals surface area contributed by atoms with Gasteiger partial charge in [-0.15, -0.1) is 0 Å². The summed E-state index contributed by atoms with van der Waals surface area (Å²) in [4.78, 5) is 27.3. The van der Waals surface area contributed by atoms with Crippen molar-refractivity contribution < 1.29 is 19.1 Å². The van der Waals surface area contributed by atoms with Crippen molar-refractivity contribution in [3.63, 3.8) is 0 Å². The fourth-order valence-corrected chi connectivity index (χ4v) is 3.22. The average molecular weight is 380 g/mol. The van der Waals surface area contributed by atoms with E-state index in [2.05, 4.69) is 5.32 Å². The van der Waals surface area contributed by atoms with Crippen LogP contribution in [0.25, 0.3) is 0 Å². The molecule has 0 aliphatic carbocycles. The number of hydrogen-bond donors (Lipinski definition) is 1. The van der Waals surface area contributed by atoms with Crippen molar-refractivity contribution in [2.45, 2.75) is 32.9 Å². The van der Waals surface area contributed by atoms with E-state index in [-0.39, 0.29) is 12.1 Å². The molecule has 0 saturated heterocycles. The van der Waals surface area contributed by atoms with Crippen LogP contribution in [0.5, 0.6) is 5.75 Å². The second kappa shape index (κ2) is 8.17. The van der Waals surface area contributed by atoms with Gasteiger partial charge in [0.1, 0.15) is 5.75 Å². The van der Waals surface area contributed by atoms with Gasteiger partial charge in [0, 0.05) is 5.70 Å². The molecule has 3 rings (SSSR count). The first kappa shape index (κ1) is 19.5. The summed E-state index contributed by atoms with van der Waals surface area (Å²) in [6.07, 6.45) is -0.267. The number of allylic oxidation sites excluding steroid dienone is 1. The van der Waals surface area contributed by atoms with Gasteiger partial charge in [-0.1, -0.05) is 30.3 Å². The standard InChI is InChI=1S/C22H24N2O4/c1-14(2)28-21(25)19-15(3)24(17-10-12-18(27-4)13-11-17)22(26)23-20(19)16-8-6-5-7-9-16/h5-14,20H,1-4H3,(H,23,26). The number of carbonyl (C=O) groups excluding carboxylic acids is 2. The van der Waals surface area contributed by atoms with E-state index in [0.29, 0.717) is 22.7 Å². The van der Waals surface area contributed by atoms with Crippen molar-refractivity contribution in [1.82, 2.24) is 5.32 Å². The van der Waals surface area contributed by atoms with Crippen LogP contribution < -0.4 is 15.0 Å². The minimum Gasteiger partial charge on any atom is -0.497 e. The summed E-state index contributed by atoms with van der Waals surface area (Å²) in [5, 5.41) is 2.94. The van der Waals surface area contributed by atoms with E-state index in [1.54, 1.807) is 52.1 Å². The van der Waals surface area contributed by atoms with Crippen molar-refractivity contribution in [2.75, 3.05) is 12.0 Å². The first-order valence-electron chi connectivity index (χ1n) is 9.13. The van der Waals surface area contributed by atoms with E-state index >= 15 is 0 Å². The molecule has 0 spiro atoms. The molecule has 0 fully saturated rings. The average Bonchev–Trinajstić information content (AvgIpc) is 2.68. The van der Waals surface area contributed by atoms with Crippen LogP contribution in [0.4, 0.5) is 10.5 Å². The predicted octanol–water partition coefficient (Wildman–Crippen LogP) is 4.19. The minimum atomic E-state index is -0.575. The van der Waals surface area contributed by atoms with E-state index < -0.39 is 12.0 Å². The predicted molar refractivity (Wildman–Crippen MR) is 107 cm³/mol. The summed E-state index contributed by atoms with van der Waals surface area (Å²) >= 11 is 0. The van der Waals surface area contributed by atoms with Crippen LogP contribution >= 0.6 is 0 Å². The second-order valence-electron chi connectivity index (χ2n) is 6.78. The fourth-order valence-electron chi connectivity index (χ4n) is 3.22. The fraction of sp³-hybridized carbons (Fsp3) is 0.273. The summed E-state index contributed by atoms with van der Waals surface area (Å²) < 4.78 is 10.7. The molecule has 0 radical (unpaired) electrons. The highest BCUT2D eigenvalue weighted by Gasteiger charge is 2.37. The number of anilines is 1. The van der Waals surface area contributed by atoms with Gasteiger partial charge in [-0.05, 0) is 50.6 Å². The highest BCUT2D eigenvalue weighted by molar-refractivity contribution is 6.03. The lowest BCUT2D eigenvalue weighted by Gasteiger charge is -2.35. The number of nitrogens with zero attached hydrogens (tertiary/aromatic N) is 1. The summed E-state index contributed by atoms with van der Waals surface area (Å²) in [5.41, 5.74) is 2.40. The zero-order chi connectivity index (χ0) is 20.3. The minimum absolute atomic E-state index is 0.267. The number of urea groups is 1. The first-order chi connectivity index (χ1) is 13.4. The van der Waals surface area contributed by atoms with Crippen molar-refractivity contribution in [3.05, 3.63) is 71.4 Å². The monoisotopic (exact) mass is 380 g/mol. The van der Waals surface area contributed by atoms with Crippen LogP contribution in [0.3, 0.4) is 0 Å². The Labute approximate surface area is 164 Å². The number of esters is 1. The number of carbonyl (C=O) groups is 2. The quantitative estimate of drug-likeness (QED) is 0.790. The number of amides is 2. The number of benzene rings is 2. The van der Waals surface area contributed by atoms with Crippen LogP contribution in [-0.4, -0.2) is 25.2 Å². The third-order valence-corrected chi connectivity index (χ3v) is 4.51. The van der Waals surface area contributed by atoms with Crippen molar-refractivity contribution >= 4 is 17.7 Å². The Hall–Kier alpha value is -3.28. The van der Waals surface area contributed by atoms with Gasteiger partial charge in [0.15, 0.2) is 0 Å². The molecule has 2 amide bonds. The molecule has 146 valence electrons. The molecule has 2 aromatic carbocycles. The van der Waals surface area contributed by atoms with Gasteiger partial charge in [-0.25, -0.2) is 9.59 Å².